The van der Waals surface area contributed by atoms with E-state index in [1.54, 1.807) is 10.9 Å². The number of hydrogen-bond donors (Lipinski definition) is 1. The Morgan fingerprint density at radius 2 is 2.10 bits per heavy atom. The van der Waals surface area contributed by atoms with E-state index in [4.69, 9.17) is 5.11 Å². The monoisotopic (exact) mass is 294 g/mol. The summed E-state index contributed by atoms with van der Waals surface area (Å²) in [6.45, 7) is 6.47. The van der Waals surface area contributed by atoms with Crippen molar-refractivity contribution in [2.75, 3.05) is 0 Å². The number of hydrogen-bond acceptors (Lipinski definition) is 4. The first-order valence-electron chi connectivity index (χ1n) is 7.35. The van der Waals surface area contributed by atoms with Gasteiger partial charge in [0.05, 0.1) is 6.20 Å². The Labute approximate surface area is 123 Å². The van der Waals surface area contributed by atoms with E-state index in [1.807, 2.05) is 0 Å². The molecule has 21 heavy (non-hydrogen) atoms. The molecular weight excluding hydrogens is 272 g/mol. The first kappa shape index (κ1) is 15.5. The van der Waals surface area contributed by atoms with Gasteiger partial charge in [-0.25, -0.2) is 4.79 Å². The van der Waals surface area contributed by atoms with Crippen molar-refractivity contribution in [2.24, 2.45) is 5.92 Å². The Hall–Kier alpha value is -1.92. The van der Waals surface area contributed by atoms with Gasteiger partial charge in [0, 0.05) is 12.6 Å². The summed E-state index contributed by atoms with van der Waals surface area (Å²) in [5.74, 6) is -0.797. The Morgan fingerprint density at radius 3 is 2.62 bits per heavy atom. The zero-order chi connectivity index (χ0) is 15.6. The Balaban J connectivity index is 2.08. The molecule has 1 aromatic rings. The van der Waals surface area contributed by atoms with E-state index in [2.05, 4.69) is 24.2 Å². The SMILES string of the molecule is CC(C)CCn1cc(C(=O)N(C2CC2)C(C)C(=O)O)nn1. The minimum absolute atomic E-state index is 0.0180. The molecule has 1 aromatic heterocycles. The molecule has 0 spiro atoms. The summed E-state index contributed by atoms with van der Waals surface area (Å²) in [6.07, 6.45) is 4.26. The molecule has 116 valence electrons. The van der Waals surface area contributed by atoms with Gasteiger partial charge in [-0.1, -0.05) is 19.1 Å². The molecule has 7 heteroatoms. The Morgan fingerprint density at radius 1 is 1.43 bits per heavy atom. The number of aliphatic carboxylic acids is 1. The number of rotatable bonds is 7. The molecule has 1 N–H and O–H groups in total. The first-order valence-corrected chi connectivity index (χ1v) is 7.35. The molecule has 0 radical (unpaired) electrons. The van der Waals surface area contributed by atoms with Crippen LogP contribution in [0.3, 0.4) is 0 Å². The third-order valence-electron chi connectivity index (χ3n) is 3.64. The molecule has 1 atom stereocenters. The molecule has 0 bridgehead atoms. The maximum absolute atomic E-state index is 12.5. The lowest BCUT2D eigenvalue weighted by Gasteiger charge is -2.25. The topological polar surface area (TPSA) is 88.3 Å². The summed E-state index contributed by atoms with van der Waals surface area (Å²) in [4.78, 5) is 25.0. The number of aryl methyl sites for hydroxylation is 1. The highest BCUT2D eigenvalue weighted by molar-refractivity contribution is 5.95. The van der Waals surface area contributed by atoms with E-state index < -0.39 is 12.0 Å². The number of carbonyl (C=O) groups is 2. The van der Waals surface area contributed by atoms with Gasteiger partial charge in [0.25, 0.3) is 5.91 Å². The number of carbonyl (C=O) groups excluding carboxylic acids is 1. The van der Waals surface area contributed by atoms with Crippen molar-refractivity contribution in [3.63, 3.8) is 0 Å². The van der Waals surface area contributed by atoms with Crippen molar-refractivity contribution in [3.05, 3.63) is 11.9 Å². The van der Waals surface area contributed by atoms with Gasteiger partial charge in [0.15, 0.2) is 5.69 Å². The van der Waals surface area contributed by atoms with Crippen molar-refractivity contribution < 1.29 is 14.7 Å². The van der Waals surface area contributed by atoms with Crippen molar-refractivity contribution >= 4 is 11.9 Å². The highest BCUT2D eigenvalue weighted by Crippen LogP contribution is 2.30. The predicted octanol–water partition coefficient (Wildman–Crippen LogP) is 1.40. The lowest BCUT2D eigenvalue weighted by Crippen LogP contribution is -2.44. The fourth-order valence-corrected chi connectivity index (χ4v) is 2.16. The molecule has 1 fully saturated rings. The smallest absolute Gasteiger partial charge is 0.326 e. The summed E-state index contributed by atoms with van der Waals surface area (Å²) < 4.78 is 1.64. The van der Waals surface area contributed by atoms with Crippen LogP contribution in [-0.4, -0.2) is 49.0 Å². The van der Waals surface area contributed by atoms with E-state index in [0.29, 0.717) is 12.5 Å². The molecular formula is C14H22N4O3. The standard InChI is InChI=1S/C14H22N4O3/c1-9(2)6-7-17-8-12(15-16-17)13(19)18(11-4-5-11)10(3)14(20)21/h8-11H,4-7H2,1-3H3,(H,20,21). The lowest BCUT2D eigenvalue weighted by atomic mass is 10.1. The minimum atomic E-state index is -0.998. The van der Waals surface area contributed by atoms with Gasteiger partial charge in [-0.3, -0.25) is 9.48 Å². The van der Waals surface area contributed by atoms with E-state index in [1.165, 1.54) is 11.8 Å². The molecule has 1 aliphatic rings. The number of carboxylic acids is 1. The van der Waals surface area contributed by atoms with Crippen molar-refractivity contribution in [3.8, 4) is 0 Å². The average Bonchev–Trinajstić information content (AvgIpc) is 3.13. The van der Waals surface area contributed by atoms with Crippen LogP contribution in [0.2, 0.25) is 0 Å². The second kappa shape index (κ2) is 6.24. The van der Waals surface area contributed by atoms with Gasteiger partial charge in [-0.05, 0) is 32.1 Å². The molecule has 1 unspecified atom stereocenters. The summed E-state index contributed by atoms with van der Waals surface area (Å²) in [5.41, 5.74) is 0.221. The number of amides is 1. The van der Waals surface area contributed by atoms with Gasteiger partial charge in [-0.15, -0.1) is 5.10 Å². The van der Waals surface area contributed by atoms with Crippen molar-refractivity contribution in [1.82, 2.24) is 19.9 Å². The van der Waals surface area contributed by atoms with E-state index >= 15 is 0 Å². The molecule has 0 aliphatic heterocycles. The van der Waals surface area contributed by atoms with E-state index in [-0.39, 0.29) is 17.6 Å². The Kier molecular flexibility index (Phi) is 4.59. The fraction of sp³-hybridized carbons (Fsp3) is 0.714. The fourth-order valence-electron chi connectivity index (χ4n) is 2.16. The highest BCUT2D eigenvalue weighted by atomic mass is 16.4. The molecule has 0 saturated heterocycles. The molecule has 7 nitrogen and oxygen atoms in total. The zero-order valence-electron chi connectivity index (χ0n) is 12.7. The van der Waals surface area contributed by atoms with Crippen LogP contribution >= 0.6 is 0 Å². The normalized spacial score (nSPS) is 16.0. The van der Waals surface area contributed by atoms with Gasteiger partial charge in [0.2, 0.25) is 0 Å². The van der Waals surface area contributed by atoms with Crippen LogP contribution in [0.4, 0.5) is 0 Å². The summed E-state index contributed by atoms with van der Waals surface area (Å²) >= 11 is 0. The van der Waals surface area contributed by atoms with Crippen LogP contribution in [0.5, 0.6) is 0 Å². The third-order valence-corrected chi connectivity index (χ3v) is 3.64. The third kappa shape index (κ3) is 3.80. The average molecular weight is 294 g/mol. The maximum atomic E-state index is 12.5. The summed E-state index contributed by atoms with van der Waals surface area (Å²) in [5, 5.41) is 17.0. The van der Waals surface area contributed by atoms with Gasteiger partial charge in [0.1, 0.15) is 6.04 Å². The number of aromatic nitrogens is 3. The molecule has 0 aromatic carbocycles. The van der Waals surface area contributed by atoms with E-state index in [9.17, 15) is 9.59 Å². The maximum Gasteiger partial charge on any atom is 0.326 e. The van der Waals surface area contributed by atoms with E-state index in [0.717, 1.165) is 19.3 Å². The second-order valence-electron chi connectivity index (χ2n) is 6.01. The molecule has 1 aliphatic carbocycles. The van der Waals surface area contributed by atoms with Crippen LogP contribution in [0.15, 0.2) is 6.20 Å². The molecule has 2 rings (SSSR count). The second-order valence-corrected chi connectivity index (χ2v) is 6.01. The highest BCUT2D eigenvalue weighted by Gasteiger charge is 2.39. The van der Waals surface area contributed by atoms with Crippen molar-refractivity contribution in [1.29, 1.82) is 0 Å². The van der Waals surface area contributed by atoms with Crippen LogP contribution in [-0.2, 0) is 11.3 Å². The summed E-state index contributed by atoms with van der Waals surface area (Å²) in [7, 11) is 0. The van der Waals surface area contributed by atoms with Crippen LogP contribution in [0.25, 0.3) is 0 Å². The minimum Gasteiger partial charge on any atom is -0.480 e. The number of nitrogens with zero attached hydrogens (tertiary/aromatic N) is 4. The van der Waals surface area contributed by atoms with Gasteiger partial charge in [-0.2, -0.15) is 0 Å². The number of carboxylic acid groups (broad SMARTS) is 1. The quantitative estimate of drug-likeness (QED) is 0.821. The summed E-state index contributed by atoms with van der Waals surface area (Å²) in [6, 6.07) is -0.824. The molecule has 1 amide bonds. The largest absolute Gasteiger partial charge is 0.480 e. The predicted molar refractivity (Wildman–Crippen MR) is 75.8 cm³/mol. The Bertz CT molecular complexity index is 522. The lowest BCUT2D eigenvalue weighted by molar-refractivity contribution is -0.141. The van der Waals surface area contributed by atoms with Crippen LogP contribution in [0, 0.1) is 5.92 Å². The molecule has 1 saturated carbocycles. The van der Waals surface area contributed by atoms with Crippen molar-refractivity contribution in [2.45, 2.75) is 58.7 Å². The first-order chi connectivity index (χ1) is 9.90. The van der Waals surface area contributed by atoms with Gasteiger partial charge >= 0.3 is 5.97 Å². The zero-order valence-corrected chi connectivity index (χ0v) is 12.7. The van der Waals surface area contributed by atoms with Crippen LogP contribution in [0.1, 0.15) is 50.5 Å². The van der Waals surface area contributed by atoms with Gasteiger partial charge < -0.3 is 10.0 Å². The van der Waals surface area contributed by atoms with Crippen LogP contribution < -0.4 is 0 Å². The molecule has 1 heterocycles.